The van der Waals surface area contributed by atoms with Crippen LogP contribution in [0.3, 0.4) is 0 Å². The molecule has 3 rings (SSSR count). The molecule has 0 aliphatic carbocycles. The molecule has 1 aromatic heterocycles. The van der Waals surface area contributed by atoms with Crippen molar-refractivity contribution in [3.63, 3.8) is 0 Å². The number of sulfone groups is 1. The van der Waals surface area contributed by atoms with E-state index in [1.807, 2.05) is 27.7 Å². The van der Waals surface area contributed by atoms with Crippen LogP contribution in [0.5, 0.6) is 0 Å². The normalized spacial score (nSPS) is 9.66. The third-order valence-corrected chi connectivity index (χ3v) is 6.31. The van der Waals surface area contributed by atoms with E-state index >= 15 is 0 Å². The number of hydrogen-bond donors (Lipinski definition) is 0. The minimum Gasteiger partial charge on any atom is -0.240 e. The second-order valence-electron chi connectivity index (χ2n) is 6.48. The van der Waals surface area contributed by atoms with Gasteiger partial charge >= 0.3 is 0 Å². The monoisotopic (exact) mass is 533 g/mol. The van der Waals surface area contributed by atoms with Crippen molar-refractivity contribution < 1.29 is 12.8 Å². The number of terminal acetylenes is 1. The van der Waals surface area contributed by atoms with Crippen LogP contribution >= 0.6 is 22.9 Å². The average Bonchev–Trinajstić information content (AvgIpc) is 3.25. The lowest BCUT2D eigenvalue weighted by molar-refractivity contribution is 0.602. The predicted molar refractivity (Wildman–Crippen MR) is 151 cm³/mol. The first-order chi connectivity index (χ1) is 16.7. The Balaban J connectivity index is 0.00000112. The minimum absolute atomic E-state index is 0.253. The Bertz CT molecular complexity index is 1210. The maximum atomic E-state index is 13.3. The summed E-state index contributed by atoms with van der Waals surface area (Å²) >= 11 is 7.37. The molecule has 0 unspecified atom stereocenters. The van der Waals surface area contributed by atoms with Gasteiger partial charge < -0.3 is 0 Å². The molecule has 0 saturated carbocycles. The molecular weight excluding hydrogens is 501 g/mol. The summed E-state index contributed by atoms with van der Waals surface area (Å²) in [6.07, 6.45) is 8.79. The summed E-state index contributed by atoms with van der Waals surface area (Å²) in [5, 5.41) is 1.26. The molecule has 3 aromatic rings. The summed E-state index contributed by atoms with van der Waals surface area (Å²) in [5.41, 5.74) is 2.31. The first-order valence-corrected chi connectivity index (χ1v) is 14.2. The van der Waals surface area contributed by atoms with Gasteiger partial charge in [0.15, 0.2) is 9.84 Å². The molecule has 0 amide bonds. The van der Waals surface area contributed by atoms with E-state index in [2.05, 4.69) is 24.1 Å². The van der Waals surface area contributed by atoms with Crippen LogP contribution in [0.25, 0.3) is 21.7 Å². The van der Waals surface area contributed by atoms with Crippen molar-refractivity contribution in [2.75, 3.05) is 6.26 Å². The Labute approximate surface area is 219 Å². The number of nitrogens with zero attached hydrogens (tertiary/aromatic N) is 1. The molecule has 0 spiro atoms. The summed E-state index contributed by atoms with van der Waals surface area (Å²) < 4.78 is 36.6. The van der Waals surface area contributed by atoms with Crippen molar-refractivity contribution >= 4 is 32.8 Å². The van der Waals surface area contributed by atoms with Gasteiger partial charge in [0.05, 0.1) is 20.5 Å². The molecule has 2 aromatic carbocycles. The van der Waals surface area contributed by atoms with Crippen LogP contribution in [-0.4, -0.2) is 19.7 Å². The molecule has 0 atom stereocenters. The van der Waals surface area contributed by atoms with Gasteiger partial charge in [-0.2, -0.15) is 0 Å². The second kappa shape index (κ2) is 16.8. The van der Waals surface area contributed by atoms with Crippen LogP contribution in [0, 0.1) is 18.2 Å². The molecule has 3 nitrogen and oxygen atoms in total. The molecule has 0 fully saturated rings. The minimum atomic E-state index is -3.26. The first kappa shape index (κ1) is 32.3. The highest BCUT2D eigenvalue weighted by Crippen LogP contribution is 2.38. The van der Waals surface area contributed by atoms with Crippen molar-refractivity contribution in [1.82, 2.24) is 4.98 Å². The molecule has 0 N–H and O–H groups in total. The molecule has 35 heavy (non-hydrogen) atoms. The van der Waals surface area contributed by atoms with Crippen molar-refractivity contribution in [3.05, 3.63) is 83.6 Å². The second-order valence-corrected chi connectivity index (χ2v) is 10.1. The number of hydrogen-bond acceptors (Lipinski definition) is 4. The van der Waals surface area contributed by atoms with E-state index in [0.29, 0.717) is 23.6 Å². The highest BCUT2D eigenvalue weighted by atomic mass is 35.5. The quantitative estimate of drug-likeness (QED) is 0.235. The van der Waals surface area contributed by atoms with Crippen molar-refractivity contribution in [1.29, 1.82) is 0 Å². The zero-order chi connectivity index (χ0) is 27.0. The van der Waals surface area contributed by atoms with E-state index in [0.717, 1.165) is 21.0 Å². The van der Waals surface area contributed by atoms with Gasteiger partial charge in [-0.05, 0) is 42.0 Å². The summed E-state index contributed by atoms with van der Waals surface area (Å²) in [7, 11) is -3.26. The standard InChI is InChI=1S/C19H15ClFNO2S2.C5H6.2C2H6/c1-12(20)11-17-22-18(13-3-7-15(21)8-4-13)19(25-17)14-5-9-16(10-6-14)26(2,23)24;1-3-5-4-2;2*1-2/h3-10H,1,11H2,2H3;1,4H,2,5H2;2*1-2H3. The van der Waals surface area contributed by atoms with Crippen LogP contribution in [0.4, 0.5) is 4.39 Å². The van der Waals surface area contributed by atoms with Gasteiger partial charge in [-0.3, -0.25) is 0 Å². The highest BCUT2D eigenvalue weighted by molar-refractivity contribution is 7.90. The fourth-order valence-electron chi connectivity index (χ4n) is 2.54. The van der Waals surface area contributed by atoms with Crippen LogP contribution in [0.2, 0.25) is 0 Å². The zero-order valence-electron chi connectivity index (χ0n) is 20.9. The predicted octanol–water partition coefficient (Wildman–Crippen LogP) is 8.56. The van der Waals surface area contributed by atoms with E-state index in [4.69, 9.17) is 18.0 Å². The van der Waals surface area contributed by atoms with E-state index in [1.165, 1.54) is 29.7 Å². The summed E-state index contributed by atoms with van der Waals surface area (Å²) in [4.78, 5) is 5.75. The number of allylic oxidation sites excluding steroid dienone is 2. The largest absolute Gasteiger partial charge is 0.240 e. The van der Waals surface area contributed by atoms with Gasteiger partial charge in [0.2, 0.25) is 0 Å². The Morgan fingerprint density at radius 2 is 1.60 bits per heavy atom. The maximum Gasteiger partial charge on any atom is 0.175 e. The fraction of sp³-hybridized carbons (Fsp3) is 0.250. The number of aromatic nitrogens is 1. The topological polar surface area (TPSA) is 47.0 Å². The third kappa shape index (κ3) is 11.0. The average molecular weight is 534 g/mol. The highest BCUT2D eigenvalue weighted by Gasteiger charge is 2.16. The number of rotatable bonds is 6. The van der Waals surface area contributed by atoms with Gasteiger partial charge in [0, 0.05) is 29.7 Å². The fourth-order valence-corrected chi connectivity index (χ4v) is 4.51. The molecule has 0 bridgehead atoms. The zero-order valence-corrected chi connectivity index (χ0v) is 23.3. The summed E-state index contributed by atoms with van der Waals surface area (Å²) in [6, 6.07) is 12.7. The third-order valence-electron chi connectivity index (χ3n) is 3.94. The summed E-state index contributed by atoms with van der Waals surface area (Å²) in [6.45, 7) is 15.1. The molecule has 1 heterocycles. The Hall–Kier alpha value is -2.72. The lowest BCUT2D eigenvalue weighted by Crippen LogP contribution is -1.96. The molecular formula is C28H33ClFNO2S2. The van der Waals surface area contributed by atoms with E-state index in [-0.39, 0.29) is 10.7 Å². The lowest BCUT2D eigenvalue weighted by atomic mass is 10.1. The van der Waals surface area contributed by atoms with E-state index < -0.39 is 9.84 Å². The Morgan fingerprint density at radius 1 is 1.09 bits per heavy atom. The molecule has 0 saturated heterocycles. The smallest absolute Gasteiger partial charge is 0.175 e. The SMILES string of the molecule is C#CCC=C.C=C(Cl)Cc1nc(-c2ccc(F)cc2)c(-c2ccc(S(C)(=O)=O)cc2)s1.CC.CC. The maximum absolute atomic E-state index is 13.3. The van der Waals surface area contributed by atoms with Crippen LogP contribution in [-0.2, 0) is 16.3 Å². The van der Waals surface area contributed by atoms with Gasteiger partial charge in [0.1, 0.15) is 5.82 Å². The van der Waals surface area contributed by atoms with E-state index in [9.17, 15) is 12.8 Å². The van der Waals surface area contributed by atoms with Gasteiger partial charge in [-0.25, -0.2) is 17.8 Å². The Morgan fingerprint density at radius 3 is 2.00 bits per heavy atom. The van der Waals surface area contributed by atoms with Gasteiger partial charge in [-0.1, -0.05) is 64.1 Å². The molecule has 188 valence electrons. The molecule has 0 aliphatic rings. The summed E-state index contributed by atoms with van der Waals surface area (Å²) in [5.74, 6) is 2.08. The van der Waals surface area contributed by atoms with Gasteiger partial charge in [-0.15, -0.1) is 30.3 Å². The van der Waals surface area contributed by atoms with Crippen molar-refractivity contribution in [3.8, 4) is 34.0 Å². The van der Waals surface area contributed by atoms with Crippen LogP contribution in [0.15, 0.2) is 77.7 Å². The molecule has 0 radical (unpaired) electrons. The van der Waals surface area contributed by atoms with Crippen molar-refractivity contribution in [2.24, 2.45) is 0 Å². The number of benzene rings is 2. The molecule has 7 heteroatoms. The van der Waals surface area contributed by atoms with E-state index in [1.54, 1.807) is 42.5 Å². The first-order valence-electron chi connectivity index (χ1n) is 11.1. The van der Waals surface area contributed by atoms with Crippen LogP contribution < -0.4 is 0 Å². The molecule has 0 aliphatic heterocycles. The lowest BCUT2D eigenvalue weighted by Gasteiger charge is -2.04. The number of thiazole rings is 1. The number of halogens is 2. The van der Waals surface area contributed by atoms with Crippen LogP contribution in [0.1, 0.15) is 39.1 Å². The van der Waals surface area contributed by atoms with Gasteiger partial charge in [0.25, 0.3) is 0 Å². The Kier molecular flexibility index (Phi) is 15.5. The van der Waals surface area contributed by atoms with Crippen molar-refractivity contribution in [2.45, 2.75) is 45.4 Å².